The number of hydrogen-bond donors (Lipinski definition) is 1. The van der Waals surface area contributed by atoms with Gasteiger partial charge in [-0.1, -0.05) is 0 Å². The van der Waals surface area contributed by atoms with Crippen molar-refractivity contribution in [3.05, 3.63) is 47.2 Å². The predicted octanol–water partition coefficient (Wildman–Crippen LogP) is 1.96. The molecule has 0 radical (unpaired) electrons. The molecule has 0 saturated carbocycles. The first-order chi connectivity index (χ1) is 9.08. The fourth-order valence-corrected chi connectivity index (χ4v) is 1.55. The summed E-state index contributed by atoms with van der Waals surface area (Å²) in [5, 5.41) is 8.63. The first-order valence-corrected chi connectivity index (χ1v) is 5.51. The summed E-state index contributed by atoms with van der Waals surface area (Å²) in [6.07, 6.45) is 0. The maximum Gasteiger partial charge on any atom is 0.168 e. The Bertz CT molecular complexity index is 631. The van der Waals surface area contributed by atoms with E-state index in [4.69, 9.17) is 15.7 Å². The molecule has 1 aromatic heterocycles. The van der Waals surface area contributed by atoms with Crippen LogP contribution in [-0.2, 0) is 6.61 Å². The molecule has 0 unspecified atom stereocenters. The normalized spacial score (nSPS) is 9.95. The van der Waals surface area contributed by atoms with Gasteiger partial charge < -0.3 is 10.5 Å². The molecule has 0 fully saturated rings. The summed E-state index contributed by atoms with van der Waals surface area (Å²) in [5.41, 5.74) is 6.53. The van der Waals surface area contributed by atoms with Crippen LogP contribution in [-0.4, -0.2) is 9.97 Å². The van der Waals surface area contributed by atoms with Crippen LogP contribution in [0, 0.1) is 24.1 Å². The van der Waals surface area contributed by atoms with Crippen molar-refractivity contribution < 1.29 is 9.13 Å². The second-order valence-corrected chi connectivity index (χ2v) is 3.90. The van der Waals surface area contributed by atoms with Gasteiger partial charge >= 0.3 is 0 Å². The molecule has 0 aliphatic carbocycles. The van der Waals surface area contributed by atoms with Gasteiger partial charge in [-0.2, -0.15) is 5.26 Å². The SMILES string of the molecule is Cc1cc(N)nc(COc2ccc(C#N)cc2F)n1. The van der Waals surface area contributed by atoms with Crippen molar-refractivity contribution in [3.63, 3.8) is 0 Å². The summed E-state index contributed by atoms with van der Waals surface area (Å²) in [7, 11) is 0. The second kappa shape index (κ2) is 5.31. The Labute approximate surface area is 109 Å². The van der Waals surface area contributed by atoms with E-state index in [1.807, 2.05) is 6.07 Å². The predicted molar refractivity (Wildman–Crippen MR) is 66.6 cm³/mol. The highest BCUT2D eigenvalue weighted by atomic mass is 19.1. The maximum absolute atomic E-state index is 13.6. The largest absolute Gasteiger partial charge is 0.483 e. The van der Waals surface area contributed by atoms with Crippen LogP contribution in [0.4, 0.5) is 10.2 Å². The first-order valence-electron chi connectivity index (χ1n) is 5.51. The number of hydrogen-bond acceptors (Lipinski definition) is 5. The van der Waals surface area contributed by atoms with Gasteiger partial charge in [0.25, 0.3) is 0 Å². The lowest BCUT2D eigenvalue weighted by Crippen LogP contribution is -2.06. The number of aromatic nitrogens is 2. The molecule has 19 heavy (non-hydrogen) atoms. The summed E-state index contributed by atoms with van der Waals surface area (Å²) in [6.45, 7) is 1.79. The van der Waals surface area contributed by atoms with Crippen molar-refractivity contribution in [1.29, 1.82) is 5.26 Å². The van der Waals surface area contributed by atoms with E-state index in [0.717, 1.165) is 6.07 Å². The van der Waals surface area contributed by atoms with Crippen LogP contribution in [0.3, 0.4) is 0 Å². The molecule has 0 spiro atoms. The lowest BCUT2D eigenvalue weighted by atomic mass is 10.2. The van der Waals surface area contributed by atoms with Gasteiger partial charge in [0.2, 0.25) is 0 Å². The Balaban J connectivity index is 2.12. The zero-order chi connectivity index (χ0) is 13.8. The molecule has 0 aliphatic heterocycles. The van der Waals surface area contributed by atoms with Gasteiger partial charge in [-0.3, -0.25) is 0 Å². The molecule has 1 aromatic carbocycles. The molecule has 2 rings (SSSR count). The Morgan fingerprint density at radius 2 is 2.16 bits per heavy atom. The number of nitrogen functional groups attached to an aromatic ring is 1. The summed E-state index contributed by atoms with van der Waals surface area (Å²) >= 11 is 0. The van der Waals surface area contributed by atoms with Crippen LogP contribution in [0.2, 0.25) is 0 Å². The van der Waals surface area contributed by atoms with Crippen LogP contribution in [0.25, 0.3) is 0 Å². The second-order valence-electron chi connectivity index (χ2n) is 3.90. The number of halogens is 1. The van der Waals surface area contributed by atoms with E-state index in [1.54, 1.807) is 13.0 Å². The van der Waals surface area contributed by atoms with E-state index >= 15 is 0 Å². The lowest BCUT2D eigenvalue weighted by Gasteiger charge is -2.07. The molecular formula is C13H11FN4O. The minimum atomic E-state index is -0.598. The topological polar surface area (TPSA) is 84.8 Å². The molecule has 0 bridgehead atoms. The van der Waals surface area contributed by atoms with Gasteiger partial charge in [0.05, 0.1) is 11.6 Å². The molecule has 2 aromatic rings. The number of anilines is 1. The number of nitriles is 1. The Morgan fingerprint density at radius 3 is 2.79 bits per heavy atom. The van der Waals surface area contributed by atoms with E-state index in [2.05, 4.69) is 9.97 Å². The minimum Gasteiger partial charge on any atom is -0.483 e. The number of nitrogens with two attached hydrogens (primary N) is 1. The van der Waals surface area contributed by atoms with Crippen molar-refractivity contribution in [3.8, 4) is 11.8 Å². The third-order valence-corrected chi connectivity index (χ3v) is 2.34. The average molecular weight is 258 g/mol. The molecule has 0 amide bonds. The van der Waals surface area contributed by atoms with Crippen molar-refractivity contribution >= 4 is 5.82 Å². The fraction of sp³-hybridized carbons (Fsp3) is 0.154. The summed E-state index contributed by atoms with van der Waals surface area (Å²) in [4.78, 5) is 8.10. The van der Waals surface area contributed by atoms with Gasteiger partial charge in [-0.15, -0.1) is 0 Å². The number of rotatable bonds is 3. The highest BCUT2D eigenvalue weighted by molar-refractivity contribution is 5.36. The van der Waals surface area contributed by atoms with Gasteiger partial charge in [0.15, 0.2) is 17.4 Å². The maximum atomic E-state index is 13.6. The molecule has 1 heterocycles. The quantitative estimate of drug-likeness (QED) is 0.909. The molecule has 96 valence electrons. The van der Waals surface area contributed by atoms with E-state index in [-0.39, 0.29) is 17.9 Å². The zero-order valence-electron chi connectivity index (χ0n) is 10.2. The Kier molecular flexibility index (Phi) is 3.57. The standard InChI is InChI=1S/C13H11FN4O/c1-8-4-12(16)18-13(17-8)7-19-11-3-2-9(6-15)5-10(11)14/h2-5H,7H2,1H3,(H2,16,17,18). The van der Waals surface area contributed by atoms with E-state index in [9.17, 15) is 4.39 Å². The highest BCUT2D eigenvalue weighted by Crippen LogP contribution is 2.19. The smallest absolute Gasteiger partial charge is 0.168 e. The lowest BCUT2D eigenvalue weighted by molar-refractivity contribution is 0.281. The van der Waals surface area contributed by atoms with Gasteiger partial charge in [-0.05, 0) is 25.1 Å². The monoisotopic (exact) mass is 258 g/mol. The Morgan fingerprint density at radius 1 is 1.37 bits per heavy atom. The average Bonchev–Trinajstić information content (AvgIpc) is 2.36. The van der Waals surface area contributed by atoms with Gasteiger partial charge in [0.1, 0.15) is 12.4 Å². The van der Waals surface area contributed by atoms with Crippen LogP contribution in [0.5, 0.6) is 5.75 Å². The molecule has 0 saturated heterocycles. The fourth-order valence-electron chi connectivity index (χ4n) is 1.55. The molecule has 0 atom stereocenters. The molecule has 5 nitrogen and oxygen atoms in total. The third kappa shape index (κ3) is 3.16. The minimum absolute atomic E-state index is 0.00863. The van der Waals surface area contributed by atoms with Crippen LogP contribution in [0.15, 0.2) is 24.3 Å². The van der Waals surface area contributed by atoms with Crippen molar-refractivity contribution in [2.45, 2.75) is 13.5 Å². The number of ether oxygens (including phenoxy) is 1. The first kappa shape index (κ1) is 12.8. The van der Waals surface area contributed by atoms with Crippen LogP contribution in [0.1, 0.15) is 17.1 Å². The summed E-state index contributed by atoms with van der Waals surface area (Å²) in [5.74, 6) is 0.162. The number of aryl methyl sites for hydroxylation is 1. The summed E-state index contributed by atoms with van der Waals surface area (Å²) in [6, 6.07) is 7.46. The molecular weight excluding hydrogens is 247 g/mol. The van der Waals surface area contributed by atoms with E-state index in [0.29, 0.717) is 17.3 Å². The Hall–Kier alpha value is -2.68. The van der Waals surface area contributed by atoms with Gasteiger partial charge in [-0.25, -0.2) is 14.4 Å². The number of nitrogens with zero attached hydrogens (tertiary/aromatic N) is 3. The van der Waals surface area contributed by atoms with E-state index < -0.39 is 5.82 Å². The van der Waals surface area contributed by atoms with Crippen molar-refractivity contribution in [2.75, 3.05) is 5.73 Å². The van der Waals surface area contributed by atoms with E-state index in [1.165, 1.54) is 12.1 Å². The molecule has 6 heteroatoms. The van der Waals surface area contributed by atoms with Crippen LogP contribution < -0.4 is 10.5 Å². The van der Waals surface area contributed by atoms with Gasteiger partial charge in [0, 0.05) is 11.8 Å². The molecule has 0 aliphatic rings. The van der Waals surface area contributed by atoms with Crippen molar-refractivity contribution in [2.24, 2.45) is 0 Å². The number of benzene rings is 1. The zero-order valence-corrected chi connectivity index (χ0v) is 10.2. The molecule has 2 N–H and O–H groups in total. The third-order valence-electron chi connectivity index (χ3n) is 2.34. The highest BCUT2D eigenvalue weighted by Gasteiger charge is 2.07. The van der Waals surface area contributed by atoms with Crippen LogP contribution >= 0.6 is 0 Å². The summed E-state index contributed by atoms with van der Waals surface area (Å²) < 4.78 is 18.8. The van der Waals surface area contributed by atoms with Crippen molar-refractivity contribution in [1.82, 2.24) is 9.97 Å².